The second-order valence-electron chi connectivity index (χ2n) is 5.95. The Balaban J connectivity index is 1.47. The monoisotopic (exact) mass is 435 g/mol. The number of phenols is 1. The number of hydrogen-bond acceptors (Lipinski definition) is 5. The van der Waals surface area contributed by atoms with Crippen LogP contribution in [0.15, 0.2) is 77.8 Å². The molecule has 0 saturated carbocycles. The van der Waals surface area contributed by atoms with Crippen LogP contribution in [0.2, 0.25) is 0 Å². The summed E-state index contributed by atoms with van der Waals surface area (Å²) in [4.78, 5) is 20.9. The summed E-state index contributed by atoms with van der Waals surface area (Å²) in [6.45, 7) is 0. The molecular formula is C20H14BrN5O2. The minimum atomic E-state index is -0.308. The number of rotatable bonds is 4. The number of aromatic hydroxyl groups is 1. The number of aromatic nitrogens is 4. The Kier molecular flexibility index (Phi) is 4.86. The zero-order valence-electron chi connectivity index (χ0n) is 14.5. The maximum absolute atomic E-state index is 12.5. The van der Waals surface area contributed by atoms with E-state index in [0.717, 1.165) is 10.2 Å². The predicted octanol–water partition coefficient (Wildman–Crippen LogP) is 4.05. The largest absolute Gasteiger partial charge is 0.508 e. The summed E-state index contributed by atoms with van der Waals surface area (Å²) in [5.74, 6) is 0.287. The number of halogens is 1. The average Bonchev–Trinajstić information content (AvgIpc) is 3.19. The maximum Gasteiger partial charge on any atom is 0.258 e. The van der Waals surface area contributed by atoms with Crippen LogP contribution in [0.5, 0.6) is 5.75 Å². The lowest BCUT2D eigenvalue weighted by Crippen LogP contribution is -2.11. The molecule has 0 radical (unpaired) electrons. The highest BCUT2D eigenvalue weighted by Gasteiger charge is 2.11. The summed E-state index contributed by atoms with van der Waals surface area (Å²) < 4.78 is 2.60. The SMILES string of the molecule is O=C(Nc1cnc(-c2cccc(O)c2)nc1)c1cnn(-c2ccc(Br)cc2)c1. The molecule has 138 valence electrons. The van der Waals surface area contributed by atoms with Gasteiger partial charge in [-0.05, 0) is 36.4 Å². The van der Waals surface area contributed by atoms with E-state index >= 15 is 0 Å². The molecule has 2 aromatic carbocycles. The molecule has 1 amide bonds. The van der Waals surface area contributed by atoms with Gasteiger partial charge in [-0.1, -0.05) is 28.1 Å². The summed E-state index contributed by atoms with van der Waals surface area (Å²) in [6.07, 6.45) is 6.19. The molecule has 2 N–H and O–H groups in total. The molecule has 2 aromatic heterocycles. The molecule has 7 nitrogen and oxygen atoms in total. The zero-order chi connectivity index (χ0) is 19.5. The molecule has 0 aliphatic carbocycles. The van der Waals surface area contributed by atoms with Crippen molar-refractivity contribution in [2.45, 2.75) is 0 Å². The van der Waals surface area contributed by atoms with E-state index in [1.54, 1.807) is 35.1 Å². The topological polar surface area (TPSA) is 92.9 Å². The molecule has 2 heterocycles. The Hall–Kier alpha value is -3.52. The van der Waals surface area contributed by atoms with Crippen LogP contribution in [0.25, 0.3) is 17.1 Å². The van der Waals surface area contributed by atoms with Gasteiger partial charge in [0.25, 0.3) is 5.91 Å². The zero-order valence-corrected chi connectivity index (χ0v) is 16.0. The van der Waals surface area contributed by atoms with Gasteiger partial charge in [-0.2, -0.15) is 5.10 Å². The van der Waals surface area contributed by atoms with E-state index in [1.165, 1.54) is 18.6 Å². The van der Waals surface area contributed by atoms with Crippen LogP contribution < -0.4 is 5.32 Å². The molecule has 0 saturated heterocycles. The first-order valence-electron chi connectivity index (χ1n) is 8.32. The highest BCUT2D eigenvalue weighted by molar-refractivity contribution is 9.10. The minimum Gasteiger partial charge on any atom is -0.508 e. The Morgan fingerprint density at radius 1 is 1.04 bits per heavy atom. The average molecular weight is 436 g/mol. The van der Waals surface area contributed by atoms with Gasteiger partial charge >= 0.3 is 0 Å². The highest BCUT2D eigenvalue weighted by Crippen LogP contribution is 2.20. The van der Waals surface area contributed by atoms with E-state index < -0.39 is 0 Å². The smallest absolute Gasteiger partial charge is 0.258 e. The van der Waals surface area contributed by atoms with Gasteiger partial charge in [0.05, 0.1) is 35.5 Å². The third-order valence-corrected chi connectivity index (χ3v) is 4.48. The van der Waals surface area contributed by atoms with E-state index in [1.807, 2.05) is 24.3 Å². The fraction of sp³-hybridized carbons (Fsp3) is 0. The van der Waals surface area contributed by atoms with Crippen LogP contribution in [0, 0.1) is 0 Å². The lowest BCUT2D eigenvalue weighted by Gasteiger charge is -2.05. The van der Waals surface area contributed by atoms with E-state index in [9.17, 15) is 9.90 Å². The predicted molar refractivity (Wildman–Crippen MR) is 108 cm³/mol. The molecule has 0 atom stereocenters. The van der Waals surface area contributed by atoms with E-state index in [2.05, 4.69) is 36.3 Å². The lowest BCUT2D eigenvalue weighted by molar-refractivity contribution is 0.102. The fourth-order valence-corrected chi connectivity index (χ4v) is 2.83. The van der Waals surface area contributed by atoms with Gasteiger partial charge in [0.1, 0.15) is 5.75 Å². The summed E-state index contributed by atoms with van der Waals surface area (Å²) in [6, 6.07) is 14.3. The standard InChI is InChI=1S/C20H14BrN5O2/c21-15-4-6-17(7-5-15)26-12-14(9-24-26)20(28)25-16-10-22-19(23-11-16)13-2-1-3-18(27)8-13/h1-12,27H,(H,25,28). The van der Waals surface area contributed by atoms with Crippen LogP contribution >= 0.6 is 15.9 Å². The number of nitrogens with zero attached hydrogens (tertiary/aromatic N) is 4. The van der Waals surface area contributed by atoms with Crippen LogP contribution in [0.3, 0.4) is 0 Å². The van der Waals surface area contributed by atoms with Crippen molar-refractivity contribution >= 4 is 27.5 Å². The van der Waals surface area contributed by atoms with Crippen molar-refractivity contribution in [3.63, 3.8) is 0 Å². The van der Waals surface area contributed by atoms with Crippen molar-refractivity contribution in [1.82, 2.24) is 19.7 Å². The molecule has 0 spiro atoms. The third kappa shape index (κ3) is 3.91. The number of carbonyl (C=O) groups excluding carboxylic acids is 1. The number of benzene rings is 2. The molecule has 4 aromatic rings. The van der Waals surface area contributed by atoms with Crippen molar-refractivity contribution in [2.24, 2.45) is 0 Å². The van der Waals surface area contributed by atoms with Crippen LogP contribution in [0.4, 0.5) is 5.69 Å². The molecule has 0 aliphatic heterocycles. The molecule has 0 bridgehead atoms. The number of carbonyl (C=O) groups is 1. The van der Waals surface area contributed by atoms with Crippen molar-refractivity contribution in [2.75, 3.05) is 5.32 Å². The van der Waals surface area contributed by atoms with E-state index in [4.69, 9.17) is 0 Å². The van der Waals surface area contributed by atoms with Crippen LogP contribution in [0.1, 0.15) is 10.4 Å². The lowest BCUT2D eigenvalue weighted by atomic mass is 10.2. The van der Waals surface area contributed by atoms with Gasteiger partial charge in [-0.15, -0.1) is 0 Å². The number of anilines is 1. The molecule has 0 aliphatic rings. The molecule has 8 heteroatoms. The normalized spacial score (nSPS) is 10.6. The molecule has 28 heavy (non-hydrogen) atoms. The van der Waals surface area contributed by atoms with Crippen LogP contribution in [-0.2, 0) is 0 Å². The first kappa shape index (κ1) is 17.9. The van der Waals surface area contributed by atoms with Crippen molar-refractivity contribution in [1.29, 1.82) is 0 Å². The van der Waals surface area contributed by atoms with Crippen LogP contribution in [-0.4, -0.2) is 30.8 Å². The summed E-state index contributed by atoms with van der Waals surface area (Å²) >= 11 is 3.39. The Bertz CT molecular complexity index is 1120. The third-order valence-electron chi connectivity index (χ3n) is 3.95. The summed E-state index contributed by atoms with van der Waals surface area (Å²) in [5.41, 5.74) is 2.42. The van der Waals surface area contributed by atoms with Gasteiger partial charge < -0.3 is 10.4 Å². The minimum absolute atomic E-state index is 0.140. The Labute approximate surface area is 168 Å². The molecular weight excluding hydrogens is 422 g/mol. The summed E-state index contributed by atoms with van der Waals surface area (Å²) in [5, 5.41) is 16.5. The van der Waals surface area contributed by atoms with E-state index in [0.29, 0.717) is 22.6 Å². The van der Waals surface area contributed by atoms with Crippen molar-refractivity contribution in [3.8, 4) is 22.8 Å². The van der Waals surface area contributed by atoms with Gasteiger partial charge in [-0.3, -0.25) is 4.79 Å². The van der Waals surface area contributed by atoms with E-state index in [-0.39, 0.29) is 11.7 Å². The number of nitrogens with one attached hydrogen (secondary N) is 1. The van der Waals surface area contributed by atoms with Gasteiger partial charge in [-0.25, -0.2) is 14.6 Å². The van der Waals surface area contributed by atoms with Gasteiger partial charge in [0.2, 0.25) is 0 Å². The number of hydrogen-bond donors (Lipinski definition) is 2. The first-order valence-corrected chi connectivity index (χ1v) is 9.11. The quantitative estimate of drug-likeness (QED) is 0.504. The Morgan fingerprint density at radius 3 is 2.50 bits per heavy atom. The molecule has 0 fully saturated rings. The highest BCUT2D eigenvalue weighted by atomic mass is 79.9. The number of phenolic OH excluding ortho intramolecular Hbond substituents is 1. The van der Waals surface area contributed by atoms with Gasteiger partial charge in [0.15, 0.2) is 5.82 Å². The van der Waals surface area contributed by atoms with Gasteiger partial charge in [0, 0.05) is 16.2 Å². The first-order chi connectivity index (χ1) is 13.6. The van der Waals surface area contributed by atoms with Crippen molar-refractivity contribution in [3.05, 3.63) is 83.4 Å². The molecule has 0 unspecified atom stereocenters. The number of amides is 1. The maximum atomic E-state index is 12.5. The fourth-order valence-electron chi connectivity index (χ4n) is 2.57. The molecule has 4 rings (SSSR count). The summed E-state index contributed by atoms with van der Waals surface area (Å²) in [7, 11) is 0. The second kappa shape index (κ2) is 7.61. The Morgan fingerprint density at radius 2 is 1.79 bits per heavy atom. The van der Waals surface area contributed by atoms with Crippen molar-refractivity contribution < 1.29 is 9.90 Å². The second-order valence-corrected chi connectivity index (χ2v) is 6.87.